The van der Waals surface area contributed by atoms with Gasteiger partial charge < -0.3 is 38.5 Å². The largest absolute Gasteiger partial charge is 2.00 e. The van der Waals surface area contributed by atoms with Gasteiger partial charge in [0.15, 0.2) is 0 Å². The molecule has 135 valence electrons. The molecule has 0 amide bonds. The van der Waals surface area contributed by atoms with Crippen molar-refractivity contribution in [3.8, 4) is 0 Å². The Kier molecular flexibility index (Phi) is 12.5. The average molecular weight is 562 g/mol. The summed E-state index contributed by atoms with van der Waals surface area (Å²) in [6, 6.07) is 4.85. The molecule has 0 N–H and O–H groups in total. The van der Waals surface area contributed by atoms with E-state index in [1.165, 1.54) is 0 Å². The smallest absolute Gasteiger partial charge is 1.00 e. The van der Waals surface area contributed by atoms with Crippen molar-refractivity contribution in [3.05, 3.63) is 52.5 Å². The molecule has 0 aliphatic carbocycles. The number of nitrogens with zero attached hydrogens (tertiary/aromatic N) is 2. The fourth-order valence-electron chi connectivity index (χ4n) is 2.63. The standard InChI is InChI=1S/C15H16Cl2N2OS.2BrH.Co/c1-3-15(2,11-5-4-10(16)8-12(11)17)13(14(20)21)19-7-6-18-9-19;;;/h4-9,13H,3H2,1-2H3,(H,20,21);2*1H;/q;;;+2/p-2. The summed E-state index contributed by atoms with van der Waals surface area (Å²) in [6.45, 7) is 4.02. The number of halogens is 4. The van der Waals surface area contributed by atoms with Gasteiger partial charge in [0.25, 0.3) is 0 Å². The first kappa shape index (κ1) is 26.7. The molecule has 3 nitrogen and oxygen atoms in total. The van der Waals surface area contributed by atoms with Crippen LogP contribution in [0.1, 0.15) is 31.9 Å². The van der Waals surface area contributed by atoms with Gasteiger partial charge in [0.05, 0.1) is 6.33 Å². The van der Waals surface area contributed by atoms with Crippen LogP contribution in [0.15, 0.2) is 36.9 Å². The third-order valence-electron chi connectivity index (χ3n) is 3.94. The Balaban J connectivity index is 0. The van der Waals surface area contributed by atoms with E-state index < -0.39 is 11.5 Å². The van der Waals surface area contributed by atoms with E-state index in [9.17, 15) is 4.79 Å². The van der Waals surface area contributed by atoms with Gasteiger partial charge in [0, 0.05) is 27.9 Å². The summed E-state index contributed by atoms with van der Waals surface area (Å²) in [7, 11) is 0. The molecule has 24 heavy (non-hydrogen) atoms. The summed E-state index contributed by atoms with van der Waals surface area (Å²) in [6.07, 6.45) is 5.74. The Morgan fingerprint density at radius 3 is 2.42 bits per heavy atom. The first-order valence-corrected chi connectivity index (χ1v) is 7.76. The van der Waals surface area contributed by atoms with E-state index in [1.54, 1.807) is 35.4 Å². The molecule has 1 radical (unpaired) electrons. The molecular weight excluding hydrogens is 546 g/mol. The van der Waals surface area contributed by atoms with E-state index in [0.717, 1.165) is 5.56 Å². The minimum absolute atomic E-state index is 0. The molecule has 2 aromatic rings. The van der Waals surface area contributed by atoms with Gasteiger partial charge in [-0.15, -0.1) is 12.6 Å². The summed E-state index contributed by atoms with van der Waals surface area (Å²) in [4.78, 5) is 16.2. The van der Waals surface area contributed by atoms with E-state index in [0.29, 0.717) is 16.5 Å². The van der Waals surface area contributed by atoms with Crippen molar-refractivity contribution >= 4 is 40.9 Å². The minimum Gasteiger partial charge on any atom is -1.00 e. The maximum atomic E-state index is 12.1. The second-order valence-electron chi connectivity index (χ2n) is 5.15. The van der Waals surface area contributed by atoms with Crippen LogP contribution in [0.5, 0.6) is 0 Å². The zero-order valence-electron chi connectivity index (χ0n) is 12.8. The van der Waals surface area contributed by atoms with E-state index in [2.05, 4.69) is 17.6 Å². The second kappa shape index (κ2) is 11.3. The maximum Gasteiger partial charge on any atom is 2.00 e. The fourth-order valence-corrected chi connectivity index (χ4v) is 3.68. The normalized spacial score (nSPS) is 13.5. The van der Waals surface area contributed by atoms with Gasteiger partial charge in [-0.05, 0) is 24.1 Å². The Bertz CT molecular complexity index is 661. The molecule has 2 rings (SSSR count). The van der Waals surface area contributed by atoms with Crippen LogP contribution in [0.3, 0.4) is 0 Å². The van der Waals surface area contributed by atoms with Crippen molar-refractivity contribution in [1.82, 2.24) is 9.55 Å². The molecule has 1 aromatic heterocycles. The van der Waals surface area contributed by atoms with Crippen molar-refractivity contribution in [2.45, 2.75) is 31.7 Å². The third-order valence-corrected chi connectivity index (χ3v) is 4.73. The number of benzene rings is 1. The summed E-state index contributed by atoms with van der Waals surface area (Å²) < 4.78 is 1.77. The van der Waals surface area contributed by atoms with Crippen molar-refractivity contribution < 1.29 is 55.5 Å². The molecule has 0 fully saturated rings. The van der Waals surface area contributed by atoms with E-state index in [4.69, 9.17) is 23.2 Å². The van der Waals surface area contributed by atoms with Crippen molar-refractivity contribution in [2.24, 2.45) is 0 Å². The Morgan fingerprint density at radius 1 is 1.38 bits per heavy atom. The van der Waals surface area contributed by atoms with Crippen LogP contribution in [0.2, 0.25) is 10.0 Å². The van der Waals surface area contributed by atoms with Crippen LogP contribution in [0.4, 0.5) is 0 Å². The van der Waals surface area contributed by atoms with E-state index in [1.807, 2.05) is 19.9 Å². The van der Waals surface area contributed by atoms with Gasteiger partial charge in [-0.3, -0.25) is 4.79 Å². The van der Waals surface area contributed by atoms with Crippen LogP contribution in [0, 0.1) is 0 Å². The molecule has 0 aliphatic rings. The van der Waals surface area contributed by atoms with Gasteiger partial charge >= 0.3 is 16.8 Å². The van der Waals surface area contributed by atoms with Crippen molar-refractivity contribution in [3.63, 3.8) is 0 Å². The zero-order valence-corrected chi connectivity index (χ0v) is 19.5. The Labute approximate surface area is 189 Å². The molecule has 0 saturated heterocycles. The molecule has 2 atom stereocenters. The molecule has 2 unspecified atom stereocenters. The van der Waals surface area contributed by atoms with Crippen molar-refractivity contribution in [1.29, 1.82) is 0 Å². The Hall–Kier alpha value is 0.496. The number of imidazole rings is 1. The molecular formula is C15H16Br2Cl2CoN2OS. The maximum absolute atomic E-state index is 12.1. The first-order valence-electron chi connectivity index (χ1n) is 6.56. The Morgan fingerprint density at radius 2 is 2.00 bits per heavy atom. The van der Waals surface area contributed by atoms with Crippen LogP contribution < -0.4 is 34.0 Å². The monoisotopic (exact) mass is 559 g/mol. The summed E-state index contributed by atoms with van der Waals surface area (Å²) in [5.74, 6) is 0. The SMILES string of the molecule is CCC(C)(c1ccc(Cl)cc1Cl)C(C(=O)S)n1ccnc1.[Br-].[Br-].[Co+2]. The average Bonchev–Trinajstić information content (AvgIpc) is 2.91. The van der Waals surface area contributed by atoms with Crippen LogP contribution in [-0.4, -0.2) is 14.7 Å². The number of thiol groups is 1. The molecule has 0 aliphatic heterocycles. The molecule has 0 spiro atoms. The summed E-state index contributed by atoms with van der Waals surface area (Å²) >= 11 is 16.4. The molecule has 0 saturated carbocycles. The summed E-state index contributed by atoms with van der Waals surface area (Å²) in [5.41, 5.74) is 0.360. The van der Waals surface area contributed by atoms with Crippen LogP contribution in [0.25, 0.3) is 0 Å². The minimum atomic E-state index is -0.513. The van der Waals surface area contributed by atoms with Crippen LogP contribution >= 0.6 is 35.8 Å². The van der Waals surface area contributed by atoms with Crippen LogP contribution in [-0.2, 0) is 27.0 Å². The number of carbonyl (C=O) groups is 1. The second-order valence-corrected chi connectivity index (χ2v) is 6.43. The molecule has 9 heteroatoms. The van der Waals surface area contributed by atoms with Gasteiger partial charge in [0.1, 0.15) is 6.04 Å². The number of aromatic nitrogens is 2. The molecule has 1 aromatic carbocycles. The number of hydrogen-bond donors (Lipinski definition) is 1. The topological polar surface area (TPSA) is 34.9 Å². The molecule has 1 heterocycles. The predicted molar refractivity (Wildman–Crippen MR) is 89.4 cm³/mol. The van der Waals surface area contributed by atoms with Gasteiger partial charge in [-0.2, -0.15) is 0 Å². The van der Waals surface area contributed by atoms with Crippen molar-refractivity contribution in [2.75, 3.05) is 0 Å². The zero-order chi connectivity index (χ0) is 15.6. The number of carbonyl (C=O) groups excluding carboxylic acids is 1. The third kappa shape index (κ3) is 5.49. The first-order chi connectivity index (χ1) is 9.90. The number of rotatable bonds is 5. The fraction of sp³-hybridized carbons (Fsp3) is 0.333. The predicted octanol–water partition coefficient (Wildman–Crippen LogP) is -1.44. The van der Waals surface area contributed by atoms with Gasteiger partial charge in [-0.1, -0.05) is 43.1 Å². The number of hydrogen-bond acceptors (Lipinski definition) is 2. The molecule has 0 bridgehead atoms. The van der Waals surface area contributed by atoms with Gasteiger partial charge in [0.2, 0.25) is 5.12 Å². The van der Waals surface area contributed by atoms with Gasteiger partial charge in [-0.25, -0.2) is 4.98 Å². The van der Waals surface area contributed by atoms with E-state index >= 15 is 0 Å². The summed E-state index contributed by atoms with van der Waals surface area (Å²) in [5, 5.41) is 0.883. The quantitative estimate of drug-likeness (QED) is 0.454. The van der Waals surface area contributed by atoms with E-state index in [-0.39, 0.29) is 55.9 Å².